The second-order valence-electron chi connectivity index (χ2n) is 4.54. The Hall–Kier alpha value is -2.87. The van der Waals surface area contributed by atoms with E-state index in [2.05, 4.69) is 15.6 Å². The lowest BCUT2D eigenvalue weighted by molar-refractivity contribution is 0.102. The minimum atomic E-state index is -0.233. The van der Waals surface area contributed by atoms with Gasteiger partial charge < -0.3 is 10.6 Å². The molecule has 1 aromatic heterocycles. The fraction of sp³-hybridized carbons (Fsp3) is 0.188. The van der Waals surface area contributed by atoms with Crippen molar-refractivity contribution in [2.45, 2.75) is 13.8 Å². The summed E-state index contributed by atoms with van der Waals surface area (Å²) < 4.78 is 0. The average molecular weight is 280 g/mol. The SMILES string of the molecule is CCNc1cc(C)ncc1C(=O)Nc1ccc(C#N)cc1. The van der Waals surface area contributed by atoms with Crippen LogP contribution in [0.2, 0.25) is 0 Å². The molecule has 0 aliphatic carbocycles. The van der Waals surface area contributed by atoms with Gasteiger partial charge in [-0.1, -0.05) is 0 Å². The van der Waals surface area contributed by atoms with Gasteiger partial charge in [0.25, 0.3) is 5.91 Å². The molecule has 5 nitrogen and oxygen atoms in total. The Balaban J connectivity index is 2.21. The molecule has 1 amide bonds. The molecule has 0 saturated carbocycles. The second kappa shape index (κ2) is 6.53. The highest BCUT2D eigenvalue weighted by molar-refractivity contribution is 6.07. The first-order valence-corrected chi connectivity index (χ1v) is 6.66. The van der Waals surface area contributed by atoms with E-state index in [1.165, 1.54) is 0 Å². The van der Waals surface area contributed by atoms with Crippen molar-refractivity contribution in [3.05, 3.63) is 53.3 Å². The van der Waals surface area contributed by atoms with Gasteiger partial charge in [0.15, 0.2) is 0 Å². The maximum Gasteiger partial charge on any atom is 0.259 e. The average Bonchev–Trinajstić information content (AvgIpc) is 2.48. The highest BCUT2D eigenvalue weighted by Gasteiger charge is 2.12. The predicted molar refractivity (Wildman–Crippen MR) is 82.2 cm³/mol. The zero-order valence-corrected chi connectivity index (χ0v) is 12.0. The molecule has 0 aliphatic rings. The number of aryl methyl sites for hydroxylation is 1. The molecule has 0 atom stereocenters. The lowest BCUT2D eigenvalue weighted by Gasteiger charge is -2.11. The Labute approximate surface area is 123 Å². The van der Waals surface area contributed by atoms with Crippen LogP contribution in [0.15, 0.2) is 36.5 Å². The molecule has 5 heteroatoms. The number of amides is 1. The second-order valence-corrected chi connectivity index (χ2v) is 4.54. The van der Waals surface area contributed by atoms with Gasteiger partial charge >= 0.3 is 0 Å². The number of nitrogens with one attached hydrogen (secondary N) is 2. The summed E-state index contributed by atoms with van der Waals surface area (Å²) in [5, 5.41) is 14.7. The van der Waals surface area contributed by atoms with Gasteiger partial charge in [0.1, 0.15) is 0 Å². The number of anilines is 2. The molecule has 1 heterocycles. The number of hydrogen-bond donors (Lipinski definition) is 2. The van der Waals surface area contributed by atoms with Gasteiger partial charge in [-0.05, 0) is 44.2 Å². The van der Waals surface area contributed by atoms with E-state index in [4.69, 9.17) is 5.26 Å². The van der Waals surface area contributed by atoms with Crippen molar-refractivity contribution >= 4 is 17.3 Å². The number of rotatable bonds is 4. The van der Waals surface area contributed by atoms with E-state index < -0.39 is 0 Å². The molecule has 2 N–H and O–H groups in total. The fourth-order valence-corrected chi connectivity index (χ4v) is 1.90. The molecule has 2 aromatic rings. The third-order valence-corrected chi connectivity index (χ3v) is 2.92. The van der Waals surface area contributed by atoms with Crippen LogP contribution in [0.1, 0.15) is 28.5 Å². The van der Waals surface area contributed by atoms with E-state index in [0.29, 0.717) is 16.8 Å². The summed E-state index contributed by atoms with van der Waals surface area (Å²) in [5.74, 6) is -0.233. The van der Waals surface area contributed by atoms with Crippen molar-refractivity contribution < 1.29 is 4.79 Å². The zero-order chi connectivity index (χ0) is 15.2. The third-order valence-electron chi connectivity index (χ3n) is 2.92. The summed E-state index contributed by atoms with van der Waals surface area (Å²) in [6, 6.07) is 10.6. The molecule has 1 aromatic carbocycles. The topological polar surface area (TPSA) is 77.8 Å². The van der Waals surface area contributed by atoms with Crippen molar-refractivity contribution in [3.63, 3.8) is 0 Å². The van der Waals surface area contributed by atoms with Crippen LogP contribution in [-0.4, -0.2) is 17.4 Å². The quantitative estimate of drug-likeness (QED) is 0.902. The van der Waals surface area contributed by atoms with E-state index in [1.54, 1.807) is 30.5 Å². The summed E-state index contributed by atoms with van der Waals surface area (Å²) in [6.07, 6.45) is 1.56. The standard InChI is InChI=1S/C16H16N4O/c1-3-18-15-8-11(2)19-10-14(15)16(21)20-13-6-4-12(9-17)5-7-13/h4-8,10H,3H2,1-2H3,(H,18,19)(H,20,21). The first-order valence-electron chi connectivity index (χ1n) is 6.66. The van der Waals surface area contributed by atoms with Gasteiger partial charge in [-0.25, -0.2) is 0 Å². The van der Waals surface area contributed by atoms with Crippen LogP contribution in [0.25, 0.3) is 0 Å². The smallest absolute Gasteiger partial charge is 0.259 e. The summed E-state index contributed by atoms with van der Waals surface area (Å²) >= 11 is 0. The van der Waals surface area contributed by atoms with Crippen LogP contribution in [0.3, 0.4) is 0 Å². The zero-order valence-electron chi connectivity index (χ0n) is 12.0. The molecule has 0 unspecified atom stereocenters. The van der Waals surface area contributed by atoms with Crippen molar-refractivity contribution in [1.82, 2.24) is 4.98 Å². The van der Waals surface area contributed by atoms with E-state index in [9.17, 15) is 4.79 Å². The van der Waals surface area contributed by atoms with Crippen molar-refractivity contribution in [2.75, 3.05) is 17.2 Å². The molecule has 0 fully saturated rings. The minimum Gasteiger partial charge on any atom is -0.385 e. The summed E-state index contributed by atoms with van der Waals surface area (Å²) in [7, 11) is 0. The normalized spacial score (nSPS) is 9.76. The Bertz CT molecular complexity index is 686. The lowest BCUT2D eigenvalue weighted by Crippen LogP contribution is -2.15. The van der Waals surface area contributed by atoms with Crippen LogP contribution < -0.4 is 10.6 Å². The van der Waals surface area contributed by atoms with Gasteiger partial charge in [0.05, 0.1) is 22.9 Å². The predicted octanol–water partition coefficient (Wildman–Crippen LogP) is 2.95. The van der Waals surface area contributed by atoms with Crippen LogP contribution >= 0.6 is 0 Å². The van der Waals surface area contributed by atoms with Gasteiger partial charge in [-0.15, -0.1) is 0 Å². The molecule has 0 spiro atoms. The number of nitriles is 1. The lowest BCUT2D eigenvalue weighted by atomic mass is 10.1. The van der Waals surface area contributed by atoms with E-state index >= 15 is 0 Å². The monoisotopic (exact) mass is 280 g/mol. The molecule has 0 saturated heterocycles. The number of pyridine rings is 1. The number of nitrogens with zero attached hydrogens (tertiary/aromatic N) is 2. The van der Waals surface area contributed by atoms with Crippen LogP contribution in [0.5, 0.6) is 0 Å². The third kappa shape index (κ3) is 3.57. The Morgan fingerprint density at radius 1 is 1.33 bits per heavy atom. The number of hydrogen-bond acceptors (Lipinski definition) is 4. The Kier molecular flexibility index (Phi) is 4.52. The Morgan fingerprint density at radius 2 is 2.05 bits per heavy atom. The largest absolute Gasteiger partial charge is 0.385 e. The van der Waals surface area contributed by atoms with E-state index in [-0.39, 0.29) is 5.91 Å². The van der Waals surface area contributed by atoms with Crippen LogP contribution in [-0.2, 0) is 0 Å². The maximum absolute atomic E-state index is 12.3. The van der Waals surface area contributed by atoms with Gasteiger partial charge in [0, 0.05) is 24.1 Å². The van der Waals surface area contributed by atoms with E-state index in [1.807, 2.05) is 26.0 Å². The number of benzene rings is 1. The van der Waals surface area contributed by atoms with Crippen LogP contribution in [0.4, 0.5) is 11.4 Å². The highest BCUT2D eigenvalue weighted by Crippen LogP contribution is 2.18. The fourth-order valence-electron chi connectivity index (χ4n) is 1.90. The van der Waals surface area contributed by atoms with Crippen molar-refractivity contribution in [1.29, 1.82) is 5.26 Å². The first kappa shape index (κ1) is 14.5. The molecule has 0 radical (unpaired) electrons. The molecule has 2 rings (SSSR count). The molecule has 106 valence electrons. The molecular formula is C16H16N4O. The van der Waals surface area contributed by atoms with Crippen molar-refractivity contribution in [2.24, 2.45) is 0 Å². The van der Waals surface area contributed by atoms with Gasteiger partial charge in [-0.3, -0.25) is 9.78 Å². The Morgan fingerprint density at radius 3 is 2.67 bits per heavy atom. The molecule has 0 bridgehead atoms. The summed E-state index contributed by atoms with van der Waals surface area (Å²) in [6.45, 7) is 4.57. The van der Waals surface area contributed by atoms with Crippen molar-refractivity contribution in [3.8, 4) is 6.07 Å². The van der Waals surface area contributed by atoms with Gasteiger partial charge in [-0.2, -0.15) is 5.26 Å². The van der Waals surface area contributed by atoms with Crippen LogP contribution in [0, 0.1) is 18.3 Å². The molecular weight excluding hydrogens is 264 g/mol. The minimum absolute atomic E-state index is 0.233. The van der Waals surface area contributed by atoms with Gasteiger partial charge in [0.2, 0.25) is 0 Å². The maximum atomic E-state index is 12.3. The number of carbonyl (C=O) groups excluding carboxylic acids is 1. The number of carbonyl (C=O) groups is 1. The summed E-state index contributed by atoms with van der Waals surface area (Å²) in [5.41, 5.74) is 3.30. The molecule has 21 heavy (non-hydrogen) atoms. The number of aromatic nitrogens is 1. The molecule has 0 aliphatic heterocycles. The van der Waals surface area contributed by atoms with E-state index in [0.717, 1.165) is 17.9 Å². The summed E-state index contributed by atoms with van der Waals surface area (Å²) in [4.78, 5) is 16.5. The first-order chi connectivity index (χ1) is 10.1. The highest BCUT2D eigenvalue weighted by atomic mass is 16.1.